The number of carbonyl (C=O) groups excluding carboxylic acids is 2. The molecule has 1 aliphatic heterocycles. The van der Waals surface area contributed by atoms with Crippen LogP contribution in [0, 0.1) is 0 Å². The minimum Gasteiger partial charge on any atom is -0.333 e. The Morgan fingerprint density at radius 3 is 2.96 bits per heavy atom. The Hall–Kier alpha value is -2.77. The van der Waals surface area contributed by atoms with Crippen molar-refractivity contribution in [2.24, 2.45) is 0 Å². The van der Waals surface area contributed by atoms with Crippen molar-refractivity contribution < 1.29 is 14.8 Å². The highest BCUT2D eigenvalue weighted by Crippen LogP contribution is 2.29. The molecule has 0 saturated heterocycles. The number of hydroxylamine groups is 1. The topological polar surface area (TPSA) is 82.5 Å². The van der Waals surface area contributed by atoms with E-state index >= 15 is 0 Å². The van der Waals surface area contributed by atoms with Crippen molar-refractivity contribution >= 4 is 34.1 Å². The molecule has 0 saturated carbocycles. The van der Waals surface area contributed by atoms with Gasteiger partial charge in [-0.15, -0.1) is 11.3 Å². The second-order valence-electron chi connectivity index (χ2n) is 5.89. The summed E-state index contributed by atoms with van der Waals surface area (Å²) in [4.78, 5) is 31.9. The molecule has 2 aromatic heterocycles. The maximum Gasteiger partial charge on any atom is 0.284 e. The largest absolute Gasteiger partial charge is 0.333 e. The molecule has 0 unspecified atom stereocenters. The third kappa shape index (κ3) is 2.88. The average molecular weight is 353 g/mol. The van der Waals surface area contributed by atoms with Crippen molar-refractivity contribution in [2.45, 2.75) is 13.0 Å². The predicted molar refractivity (Wildman–Crippen MR) is 93.8 cm³/mol. The van der Waals surface area contributed by atoms with Crippen LogP contribution in [0.3, 0.4) is 0 Å². The predicted octanol–water partition coefficient (Wildman–Crippen LogP) is 2.61. The van der Waals surface area contributed by atoms with Gasteiger partial charge in [0, 0.05) is 28.6 Å². The lowest BCUT2D eigenvalue weighted by Gasteiger charge is -2.27. The Morgan fingerprint density at radius 2 is 2.12 bits per heavy atom. The normalized spacial score (nSPS) is 13.6. The van der Waals surface area contributed by atoms with Gasteiger partial charge in [0.25, 0.3) is 11.8 Å². The number of carbonyl (C=O) groups is 2. The molecule has 25 heavy (non-hydrogen) atoms. The molecule has 1 aliphatic rings. The zero-order chi connectivity index (χ0) is 17.4. The summed E-state index contributed by atoms with van der Waals surface area (Å²) >= 11 is 1.31. The Morgan fingerprint density at radius 1 is 1.24 bits per heavy atom. The number of pyridine rings is 1. The maximum absolute atomic E-state index is 12.8. The fourth-order valence-corrected chi connectivity index (χ4v) is 4.17. The van der Waals surface area contributed by atoms with Gasteiger partial charge in [-0.25, -0.2) is 5.48 Å². The maximum atomic E-state index is 12.8. The van der Waals surface area contributed by atoms with Crippen LogP contribution in [0.15, 0.2) is 42.6 Å². The smallest absolute Gasteiger partial charge is 0.284 e. The Kier molecular flexibility index (Phi) is 3.95. The summed E-state index contributed by atoms with van der Waals surface area (Å²) in [6.45, 7) is 1.08. The minimum atomic E-state index is -0.515. The summed E-state index contributed by atoms with van der Waals surface area (Å²) in [5.74, 6) is -0.544. The van der Waals surface area contributed by atoms with Crippen LogP contribution in [-0.2, 0) is 13.0 Å². The Bertz CT molecular complexity index is 983. The standard InChI is InChI=1S/C18H15N3O3S/c22-17(20-24)15-9-12-5-7-21(10-16(12)25-15)18(23)13-3-4-14-11(8-13)2-1-6-19-14/h1-4,6,8-9,24H,5,7,10H2,(H,20,22). The van der Waals surface area contributed by atoms with Gasteiger partial charge in [-0.2, -0.15) is 0 Å². The summed E-state index contributed by atoms with van der Waals surface area (Å²) in [5, 5.41) is 9.70. The van der Waals surface area contributed by atoms with E-state index < -0.39 is 5.91 Å². The lowest BCUT2D eigenvalue weighted by atomic mass is 10.1. The first-order valence-corrected chi connectivity index (χ1v) is 8.67. The number of hydrogen-bond donors (Lipinski definition) is 2. The quantitative estimate of drug-likeness (QED) is 0.548. The van der Waals surface area contributed by atoms with E-state index in [9.17, 15) is 9.59 Å². The number of nitrogens with one attached hydrogen (secondary N) is 1. The van der Waals surface area contributed by atoms with Crippen LogP contribution in [-0.4, -0.2) is 33.5 Å². The Labute approximate surface area is 147 Å². The lowest BCUT2D eigenvalue weighted by molar-refractivity contribution is 0.0709. The van der Waals surface area contributed by atoms with Crippen molar-refractivity contribution in [1.82, 2.24) is 15.4 Å². The molecule has 1 aromatic carbocycles. The van der Waals surface area contributed by atoms with Crippen molar-refractivity contribution in [3.63, 3.8) is 0 Å². The highest BCUT2D eigenvalue weighted by Gasteiger charge is 2.25. The fourth-order valence-electron chi connectivity index (χ4n) is 3.05. The number of rotatable bonds is 2. The van der Waals surface area contributed by atoms with Crippen LogP contribution < -0.4 is 5.48 Å². The third-order valence-electron chi connectivity index (χ3n) is 4.34. The van der Waals surface area contributed by atoms with Gasteiger partial charge in [0.05, 0.1) is 16.9 Å². The molecule has 0 radical (unpaired) electrons. The number of hydrogen-bond acceptors (Lipinski definition) is 5. The summed E-state index contributed by atoms with van der Waals surface area (Å²) < 4.78 is 0. The van der Waals surface area contributed by atoms with Gasteiger partial charge in [-0.05, 0) is 42.3 Å². The summed E-state index contributed by atoms with van der Waals surface area (Å²) in [7, 11) is 0. The number of nitrogens with zero attached hydrogens (tertiary/aromatic N) is 2. The van der Waals surface area contributed by atoms with Gasteiger partial charge < -0.3 is 4.90 Å². The van der Waals surface area contributed by atoms with Gasteiger partial charge in [-0.3, -0.25) is 19.8 Å². The first-order valence-electron chi connectivity index (χ1n) is 7.86. The highest BCUT2D eigenvalue weighted by molar-refractivity contribution is 7.14. The number of amides is 2. The molecule has 6 nitrogen and oxygen atoms in total. The van der Waals surface area contributed by atoms with E-state index in [2.05, 4.69) is 4.98 Å². The van der Waals surface area contributed by atoms with Gasteiger partial charge in [-0.1, -0.05) is 6.07 Å². The highest BCUT2D eigenvalue weighted by atomic mass is 32.1. The van der Waals surface area contributed by atoms with Crippen molar-refractivity contribution in [3.05, 3.63) is 63.5 Å². The van der Waals surface area contributed by atoms with Crippen LogP contribution in [0.4, 0.5) is 0 Å². The molecule has 0 spiro atoms. The summed E-state index contributed by atoms with van der Waals surface area (Å²) in [6, 6.07) is 11.1. The van der Waals surface area contributed by atoms with Crippen LogP contribution in [0.2, 0.25) is 0 Å². The molecule has 0 atom stereocenters. The molecule has 0 aliphatic carbocycles. The van der Waals surface area contributed by atoms with E-state index in [0.717, 1.165) is 21.3 Å². The third-order valence-corrected chi connectivity index (χ3v) is 5.51. The zero-order valence-corrected chi connectivity index (χ0v) is 14.0. The number of aromatic nitrogens is 1. The molecular formula is C18H15N3O3S. The van der Waals surface area contributed by atoms with Gasteiger partial charge in [0.2, 0.25) is 0 Å². The van der Waals surface area contributed by atoms with E-state index in [4.69, 9.17) is 5.21 Å². The molecule has 7 heteroatoms. The van der Waals surface area contributed by atoms with E-state index in [-0.39, 0.29) is 5.91 Å². The van der Waals surface area contributed by atoms with E-state index in [1.54, 1.807) is 28.7 Å². The number of benzene rings is 1. The SMILES string of the molecule is O=C(NO)c1cc2c(s1)CN(C(=O)c1ccc3ncccc3c1)CC2. The molecule has 3 aromatic rings. The average Bonchev–Trinajstić information content (AvgIpc) is 3.09. The fraction of sp³-hybridized carbons (Fsp3) is 0.167. The van der Waals surface area contributed by atoms with E-state index in [1.807, 2.05) is 24.3 Å². The van der Waals surface area contributed by atoms with Crippen molar-refractivity contribution in [3.8, 4) is 0 Å². The second-order valence-corrected chi connectivity index (χ2v) is 7.02. The van der Waals surface area contributed by atoms with Gasteiger partial charge in [0.1, 0.15) is 0 Å². The molecule has 0 bridgehead atoms. The van der Waals surface area contributed by atoms with Crippen molar-refractivity contribution in [1.29, 1.82) is 0 Å². The van der Waals surface area contributed by atoms with Crippen LogP contribution in [0.1, 0.15) is 30.5 Å². The molecule has 2 amide bonds. The zero-order valence-electron chi connectivity index (χ0n) is 13.2. The molecule has 0 fully saturated rings. The van der Waals surface area contributed by atoms with Crippen LogP contribution >= 0.6 is 11.3 Å². The van der Waals surface area contributed by atoms with Crippen molar-refractivity contribution in [2.75, 3.05) is 6.54 Å². The lowest BCUT2D eigenvalue weighted by Crippen LogP contribution is -2.35. The summed E-state index contributed by atoms with van der Waals surface area (Å²) in [6.07, 6.45) is 2.43. The molecular weight excluding hydrogens is 338 g/mol. The number of fused-ring (bicyclic) bond motifs is 2. The van der Waals surface area contributed by atoms with Crippen LogP contribution in [0.5, 0.6) is 0 Å². The monoisotopic (exact) mass is 353 g/mol. The molecule has 2 N–H and O–H groups in total. The molecule has 126 valence electrons. The summed E-state index contributed by atoms with van der Waals surface area (Å²) in [5.41, 5.74) is 4.21. The van der Waals surface area contributed by atoms with E-state index in [1.165, 1.54) is 11.3 Å². The first-order chi connectivity index (χ1) is 12.2. The van der Waals surface area contributed by atoms with E-state index in [0.29, 0.717) is 30.0 Å². The number of thiophene rings is 1. The first kappa shape index (κ1) is 15.7. The van der Waals surface area contributed by atoms with Crippen LogP contribution in [0.25, 0.3) is 10.9 Å². The minimum absolute atomic E-state index is 0.0297. The Balaban J connectivity index is 1.58. The molecule has 4 rings (SSSR count). The molecule has 3 heterocycles. The second kappa shape index (κ2) is 6.27. The van der Waals surface area contributed by atoms with Gasteiger partial charge >= 0.3 is 0 Å². The van der Waals surface area contributed by atoms with Gasteiger partial charge in [0.15, 0.2) is 0 Å².